The zero-order valence-corrected chi connectivity index (χ0v) is 20.0. The lowest BCUT2D eigenvalue weighted by Crippen LogP contribution is -2.30. The van der Waals surface area contributed by atoms with Crippen molar-refractivity contribution in [3.05, 3.63) is 94.0 Å². The van der Waals surface area contributed by atoms with Gasteiger partial charge in [0.2, 0.25) is 10.9 Å². The first-order valence-corrected chi connectivity index (χ1v) is 12.2. The second-order valence-corrected chi connectivity index (χ2v) is 9.91. The second kappa shape index (κ2) is 9.13. The molecule has 0 saturated heterocycles. The van der Waals surface area contributed by atoms with Crippen LogP contribution in [-0.2, 0) is 10.5 Å². The van der Waals surface area contributed by atoms with E-state index in [-0.39, 0.29) is 16.5 Å². The molecule has 5 rings (SSSR count). The van der Waals surface area contributed by atoms with E-state index in [1.807, 2.05) is 24.3 Å². The van der Waals surface area contributed by atoms with Crippen LogP contribution in [0, 0.1) is 6.92 Å². The lowest BCUT2D eigenvalue weighted by Gasteiger charge is -2.21. The lowest BCUT2D eigenvalue weighted by molar-refractivity contribution is -0.117. The summed E-state index contributed by atoms with van der Waals surface area (Å²) in [7, 11) is 0. The topological polar surface area (TPSA) is 110 Å². The number of carbonyl (C=O) groups is 2. The number of halogens is 1. The Labute approximate surface area is 206 Å². The van der Waals surface area contributed by atoms with Crippen LogP contribution in [0.4, 0.5) is 5.13 Å². The van der Waals surface area contributed by atoms with E-state index in [9.17, 15) is 14.7 Å². The number of benzene rings is 1. The predicted molar refractivity (Wildman–Crippen MR) is 127 cm³/mol. The summed E-state index contributed by atoms with van der Waals surface area (Å²) in [4.78, 5) is 27.5. The maximum Gasteiger partial charge on any atom is 0.296 e. The average molecular weight is 514 g/mol. The van der Waals surface area contributed by atoms with E-state index in [2.05, 4.69) is 10.2 Å². The summed E-state index contributed by atoms with van der Waals surface area (Å²) in [5.74, 6) is -0.658. The minimum absolute atomic E-state index is 0.0125. The summed E-state index contributed by atoms with van der Waals surface area (Å²) in [6.45, 7) is 1.70. The fourth-order valence-corrected chi connectivity index (χ4v) is 5.71. The SMILES string of the molecule is Cc1ccc(C(=O)C2=C(O)C(=O)N(c3nnc(SCc4ccccc4Cl)s3)C2c2ccco2)o1. The lowest BCUT2D eigenvalue weighted by atomic mass is 10.00. The van der Waals surface area contributed by atoms with Crippen LogP contribution in [0.2, 0.25) is 5.02 Å². The van der Waals surface area contributed by atoms with E-state index >= 15 is 0 Å². The molecule has 4 aromatic rings. The minimum atomic E-state index is -1.02. The van der Waals surface area contributed by atoms with Gasteiger partial charge in [-0.05, 0) is 42.8 Å². The number of furan rings is 2. The van der Waals surface area contributed by atoms with Crippen LogP contribution in [0.3, 0.4) is 0 Å². The van der Waals surface area contributed by atoms with Gasteiger partial charge in [0.1, 0.15) is 17.6 Å². The number of Topliss-reactive ketones (excluding diaryl/α,β-unsaturated/α-hetero) is 1. The molecule has 172 valence electrons. The van der Waals surface area contributed by atoms with Gasteiger partial charge >= 0.3 is 0 Å². The van der Waals surface area contributed by atoms with Crippen LogP contribution < -0.4 is 4.90 Å². The highest BCUT2D eigenvalue weighted by Crippen LogP contribution is 2.44. The second-order valence-electron chi connectivity index (χ2n) is 7.33. The van der Waals surface area contributed by atoms with Crippen LogP contribution >= 0.6 is 34.7 Å². The molecule has 1 unspecified atom stereocenters. The third-order valence-electron chi connectivity index (χ3n) is 5.14. The van der Waals surface area contributed by atoms with E-state index < -0.39 is 23.5 Å². The Morgan fingerprint density at radius 2 is 2.03 bits per heavy atom. The fraction of sp³-hybridized carbons (Fsp3) is 0.130. The Hall–Kier alpha value is -3.34. The smallest absolute Gasteiger partial charge is 0.296 e. The number of anilines is 1. The van der Waals surface area contributed by atoms with Crippen molar-refractivity contribution < 1.29 is 23.5 Å². The number of hydrogen-bond acceptors (Lipinski definition) is 9. The number of ketones is 1. The van der Waals surface area contributed by atoms with Crippen molar-refractivity contribution >= 4 is 51.5 Å². The first-order valence-electron chi connectivity index (χ1n) is 10.0. The fourth-order valence-electron chi connectivity index (χ4n) is 3.55. The van der Waals surface area contributed by atoms with Gasteiger partial charge in [0.15, 0.2) is 15.9 Å². The zero-order chi connectivity index (χ0) is 23.8. The molecule has 0 saturated carbocycles. The number of aryl methyl sites for hydroxylation is 1. The molecule has 0 aliphatic carbocycles. The molecule has 1 aromatic carbocycles. The molecule has 0 fully saturated rings. The highest BCUT2D eigenvalue weighted by Gasteiger charge is 2.48. The number of aliphatic hydroxyl groups is 1. The van der Waals surface area contributed by atoms with E-state index in [0.29, 0.717) is 26.6 Å². The quantitative estimate of drug-likeness (QED) is 0.189. The largest absolute Gasteiger partial charge is 0.503 e. The van der Waals surface area contributed by atoms with Crippen LogP contribution in [-0.4, -0.2) is 27.0 Å². The van der Waals surface area contributed by atoms with E-state index in [0.717, 1.165) is 16.9 Å². The molecule has 11 heteroatoms. The third kappa shape index (κ3) is 4.04. The molecule has 1 amide bonds. The van der Waals surface area contributed by atoms with Crippen molar-refractivity contribution in [3.63, 3.8) is 0 Å². The molecular formula is C23H16ClN3O5S2. The van der Waals surface area contributed by atoms with Crippen molar-refractivity contribution in [1.82, 2.24) is 10.2 Å². The molecular weight excluding hydrogens is 498 g/mol. The van der Waals surface area contributed by atoms with Gasteiger partial charge in [-0.15, -0.1) is 10.2 Å². The van der Waals surface area contributed by atoms with E-state index in [4.69, 9.17) is 20.4 Å². The number of aliphatic hydroxyl groups excluding tert-OH is 1. The number of amides is 1. The minimum Gasteiger partial charge on any atom is -0.503 e. The van der Waals surface area contributed by atoms with Gasteiger partial charge in [0.05, 0.1) is 11.8 Å². The first-order chi connectivity index (χ1) is 16.4. The van der Waals surface area contributed by atoms with Crippen molar-refractivity contribution in [2.75, 3.05) is 4.90 Å². The van der Waals surface area contributed by atoms with Crippen molar-refractivity contribution in [3.8, 4) is 0 Å². The van der Waals surface area contributed by atoms with Gasteiger partial charge in [0.25, 0.3) is 5.91 Å². The normalized spacial score (nSPS) is 16.0. The summed E-state index contributed by atoms with van der Waals surface area (Å²) >= 11 is 8.81. The number of thioether (sulfide) groups is 1. The molecule has 1 atom stereocenters. The summed E-state index contributed by atoms with van der Waals surface area (Å²) in [6, 6.07) is 12.9. The molecule has 0 spiro atoms. The van der Waals surface area contributed by atoms with Crippen LogP contribution in [0.15, 0.2) is 79.3 Å². The van der Waals surface area contributed by atoms with E-state index in [1.54, 1.807) is 25.1 Å². The van der Waals surface area contributed by atoms with Crippen molar-refractivity contribution in [2.45, 2.75) is 23.1 Å². The molecule has 0 bridgehead atoms. The standard InChI is InChI=1S/C23H16ClN3O5S2/c1-12-8-9-16(32-12)19(28)17-18(15-7-4-10-31-15)27(21(30)20(17)29)22-25-26-23(34-22)33-11-13-5-2-3-6-14(13)24/h2-10,18,29H,11H2,1H3. The molecule has 34 heavy (non-hydrogen) atoms. The molecule has 1 aliphatic rings. The Balaban J connectivity index is 1.46. The van der Waals surface area contributed by atoms with Crippen molar-refractivity contribution in [2.24, 2.45) is 0 Å². The van der Waals surface area contributed by atoms with Gasteiger partial charge in [-0.2, -0.15) is 0 Å². The van der Waals surface area contributed by atoms with Gasteiger partial charge in [-0.3, -0.25) is 14.5 Å². The van der Waals surface area contributed by atoms with Crippen LogP contribution in [0.1, 0.15) is 33.7 Å². The molecule has 8 nitrogen and oxygen atoms in total. The molecule has 0 radical (unpaired) electrons. The monoisotopic (exact) mass is 513 g/mol. The zero-order valence-electron chi connectivity index (χ0n) is 17.6. The van der Waals surface area contributed by atoms with Crippen molar-refractivity contribution in [1.29, 1.82) is 0 Å². The maximum absolute atomic E-state index is 13.2. The first kappa shape index (κ1) is 22.5. The summed E-state index contributed by atoms with van der Waals surface area (Å²) in [5, 5.41) is 19.9. The number of hydrogen-bond donors (Lipinski definition) is 1. The third-order valence-corrected chi connectivity index (χ3v) is 7.61. The Morgan fingerprint density at radius 1 is 1.21 bits per heavy atom. The Kier molecular flexibility index (Phi) is 6.03. The Bertz CT molecular complexity index is 1410. The number of carbonyl (C=O) groups excluding carboxylic acids is 2. The average Bonchev–Trinajstić information content (AvgIpc) is 3.62. The Morgan fingerprint density at radius 3 is 2.74 bits per heavy atom. The van der Waals surface area contributed by atoms with Gasteiger partial charge < -0.3 is 13.9 Å². The number of nitrogens with zero attached hydrogens (tertiary/aromatic N) is 3. The number of aromatic nitrogens is 2. The van der Waals surface area contributed by atoms with Gasteiger partial charge in [-0.25, -0.2) is 0 Å². The molecule has 4 heterocycles. The molecule has 1 N–H and O–H groups in total. The molecule has 1 aliphatic heterocycles. The maximum atomic E-state index is 13.2. The van der Waals surface area contributed by atoms with Gasteiger partial charge in [-0.1, -0.05) is 52.9 Å². The number of rotatable bonds is 7. The summed E-state index contributed by atoms with van der Waals surface area (Å²) < 4.78 is 11.6. The molecule has 3 aromatic heterocycles. The predicted octanol–water partition coefficient (Wildman–Crippen LogP) is 5.76. The van der Waals surface area contributed by atoms with Gasteiger partial charge in [0, 0.05) is 10.8 Å². The summed E-state index contributed by atoms with van der Waals surface area (Å²) in [5.41, 5.74) is 0.798. The van der Waals surface area contributed by atoms with Crippen LogP contribution in [0.25, 0.3) is 0 Å². The summed E-state index contributed by atoms with van der Waals surface area (Å²) in [6.07, 6.45) is 1.43. The highest BCUT2D eigenvalue weighted by molar-refractivity contribution is 8.00. The van der Waals surface area contributed by atoms with E-state index in [1.165, 1.54) is 29.0 Å². The highest BCUT2D eigenvalue weighted by atomic mass is 35.5. The van der Waals surface area contributed by atoms with Crippen LogP contribution in [0.5, 0.6) is 0 Å².